The summed E-state index contributed by atoms with van der Waals surface area (Å²) < 4.78 is 0. The van der Waals surface area contributed by atoms with Gasteiger partial charge in [0, 0.05) is 17.5 Å². The number of quaternary nitrogens is 1. The molecule has 0 aliphatic carbocycles. The number of piperazine rings is 1. The van der Waals surface area contributed by atoms with Crippen LogP contribution >= 0.6 is 0 Å². The third kappa shape index (κ3) is 4.87. The molecule has 142 valence electrons. The van der Waals surface area contributed by atoms with Crippen molar-refractivity contribution in [2.45, 2.75) is 13.5 Å². The van der Waals surface area contributed by atoms with Gasteiger partial charge in [0.25, 0.3) is 0 Å². The Kier molecular flexibility index (Phi) is 5.83. The third-order valence-electron chi connectivity index (χ3n) is 5.42. The van der Waals surface area contributed by atoms with E-state index in [9.17, 15) is 0 Å². The van der Waals surface area contributed by atoms with Crippen molar-refractivity contribution in [2.24, 2.45) is 4.99 Å². The van der Waals surface area contributed by atoms with Crippen LogP contribution in [-0.4, -0.2) is 32.4 Å². The molecular weight excluding hydrogens is 342 g/mol. The molecule has 1 fully saturated rings. The largest absolute Gasteiger partial charge is 0.360 e. The number of nitrogens with one attached hydrogen (secondary N) is 1. The summed E-state index contributed by atoms with van der Waals surface area (Å²) in [4.78, 5) is 8.76. The van der Waals surface area contributed by atoms with Crippen LogP contribution in [0.1, 0.15) is 16.7 Å². The maximum absolute atomic E-state index is 4.60. The number of rotatable bonds is 5. The Morgan fingerprint density at radius 1 is 0.857 bits per heavy atom. The monoisotopic (exact) mass is 370 g/mol. The maximum Gasteiger partial charge on any atom is 0.103 e. The molecule has 1 saturated heterocycles. The lowest BCUT2D eigenvalue weighted by atomic mass is 10.2. The molecule has 0 atom stereocenters. The molecule has 0 saturated carbocycles. The van der Waals surface area contributed by atoms with Gasteiger partial charge in [0.2, 0.25) is 0 Å². The standard InChI is InChI=1S/C25H27N3/c1-21-7-9-22(10-8-21)19-26-24-11-13-25(14-12-24)28-17-15-27(16-18-28)20-23-5-3-2-4-6-23/h2-14,19H,15-18,20H2,1H3/p+1. The molecular formula is C25H28N3+. The second-order valence-electron chi connectivity index (χ2n) is 7.58. The van der Waals surface area contributed by atoms with Gasteiger partial charge < -0.3 is 9.80 Å². The second kappa shape index (κ2) is 8.85. The normalized spacial score (nSPS) is 15.2. The summed E-state index contributed by atoms with van der Waals surface area (Å²) in [6.45, 7) is 7.80. The minimum atomic E-state index is 0.998. The smallest absolute Gasteiger partial charge is 0.103 e. The van der Waals surface area contributed by atoms with E-state index < -0.39 is 0 Å². The summed E-state index contributed by atoms with van der Waals surface area (Å²) in [5.41, 5.74) is 6.13. The van der Waals surface area contributed by atoms with E-state index >= 15 is 0 Å². The zero-order valence-corrected chi connectivity index (χ0v) is 16.5. The number of aryl methyl sites for hydroxylation is 1. The molecule has 1 heterocycles. The van der Waals surface area contributed by atoms with E-state index in [0.717, 1.165) is 30.9 Å². The van der Waals surface area contributed by atoms with E-state index in [4.69, 9.17) is 0 Å². The van der Waals surface area contributed by atoms with Crippen molar-refractivity contribution in [3.63, 3.8) is 0 Å². The number of benzene rings is 3. The molecule has 0 radical (unpaired) electrons. The average molecular weight is 371 g/mol. The average Bonchev–Trinajstić information content (AvgIpc) is 2.75. The van der Waals surface area contributed by atoms with Gasteiger partial charge in [0.1, 0.15) is 6.54 Å². The quantitative estimate of drug-likeness (QED) is 0.680. The molecule has 4 rings (SSSR count). The fraction of sp³-hybridized carbons (Fsp3) is 0.240. The number of aliphatic imine (C=N–C) groups is 1. The molecule has 1 aliphatic heterocycles. The number of hydrogen-bond acceptors (Lipinski definition) is 2. The van der Waals surface area contributed by atoms with Crippen LogP contribution in [0.5, 0.6) is 0 Å². The van der Waals surface area contributed by atoms with Crippen LogP contribution in [0.25, 0.3) is 0 Å². The highest BCUT2D eigenvalue weighted by atomic mass is 15.3. The Hall–Kier alpha value is -2.91. The number of nitrogens with zero attached hydrogens (tertiary/aromatic N) is 2. The first kappa shape index (κ1) is 18.5. The first-order valence-electron chi connectivity index (χ1n) is 10.1. The molecule has 0 unspecified atom stereocenters. The summed E-state index contributed by atoms with van der Waals surface area (Å²) in [7, 11) is 0. The minimum absolute atomic E-state index is 0.998. The van der Waals surface area contributed by atoms with Crippen LogP contribution in [0.2, 0.25) is 0 Å². The molecule has 3 aromatic carbocycles. The molecule has 3 nitrogen and oxygen atoms in total. The van der Waals surface area contributed by atoms with Crippen molar-refractivity contribution in [2.75, 3.05) is 31.1 Å². The molecule has 0 bridgehead atoms. The molecule has 1 aliphatic rings. The van der Waals surface area contributed by atoms with Crippen LogP contribution in [0.4, 0.5) is 11.4 Å². The SMILES string of the molecule is Cc1ccc(C=Nc2ccc(N3CC[NH+](Cc4ccccc4)CC3)cc2)cc1. The number of anilines is 1. The lowest BCUT2D eigenvalue weighted by Gasteiger charge is -2.33. The maximum atomic E-state index is 4.60. The van der Waals surface area contributed by atoms with E-state index in [1.165, 1.54) is 29.9 Å². The van der Waals surface area contributed by atoms with Crippen molar-refractivity contribution in [3.8, 4) is 0 Å². The van der Waals surface area contributed by atoms with Crippen molar-refractivity contribution < 1.29 is 4.90 Å². The highest BCUT2D eigenvalue weighted by molar-refractivity contribution is 5.82. The first-order chi connectivity index (χ1) is 13.8. The highest BCUT2D eigenvalue weighted by Crippen LogP contribution is 2.20. The van der Waals surface area contributed by atoms with Gasteiger partial charge in [-0.15, -0.1) is 0 Å². The predicted octanol–water partition coefficient (Wildman–Crippen LogP) is 3.65. The lowest BCUT2D eigenvalue weighted by Crippen LogP contribution is -3.13. The van der Waals surface area contributed by atoms with E-state index in [1.807, 2.05) is 6.21 Å². The molecule has 3 heteroatoms. The topological polar surface area (TPSA) is 20.0 Å². The zero-order valence-electron chi connectivity index (χ0n) is 16.5. The van der Waals surface area contributed by atoms with Crippen molar-refractivity contribution in [3.05, 3.63) is 95.6 Å². The Morgan fingerprint density at radius 2 is 1.54 bits per heavy atom. The van der Waals surface area contributed by atoms with E-state index in [1.54, 1.807) is 4.90 Å². The highest BCUT2D eigenvalue weighted by Gasteiger charge is 2.20. The van der Waals surface area contributed by atoms with Crippen LogP contribution in [-0.2, 0) is 6.54 Å². The third-order valence-corrected chi connectivity index (χ3v) is 5.42. The Bertz CT molecular complexity index is 891. The van der Waals surface area contributed by atoms with Gasteiger partial charge >= 0.3 is 0 Å². The van der Waals surface area contributed by atoms with Crippen molar-refractivity contribution in [1.82, 2.24) is 0 Å². The Balaban J connectivity index is 1.31. The molecule has 3 aromatic rings. The van der Waals surface area contributed by atoms with Gasteiger partial charge in [-0.25, -0.2) is 0 Å². The van der Waals surface area contributed by atoms with E-state index in [-0.39, 0.29) is 0 Å². The molecule has 0 spiro atoms. The summed E-state index contributed by atoms with van der Waals surface area (Å²) in [5, 5.41) is 0. The lowest BCUT2D eigenvalue weighted by molar-refractivity contribution is -0.914. The van der Waals surface area contributed by atoms with Crippen LogP contribution in [0, 0.1) is 6.92 Å². The van der Waals surface area contributed by atoms with Gasteiger partial charge in [0.05, 0.1) is 31.9 Å². The molecule has 1 N–H and O–H groups in total. The van der Waals surface area contributed by atoms with Gasteiger partial charge in [-0.1, -0.05) is 60.2 Å². The van der Waals surface area contributed by atoms with E-state index in [2.05, 4.69) is 95.7 Å². The summed E-state index contributed by atoms with van der Waals surface area (Å²) in [6, 6.07) is 27.9. The number of hydrogen-bond donors (Lipinski definition) is 1. The molecule has 0 aromatic heterocycles. The Labute approximate surface area is 168 Å². The predicted molar refractivity (Wildman–Crippen MR) is 118 cm³/mol. The van der Waals surface area contributed by atoms with Gasteiger partial charge in [-0.2, -0.15) is 0 Å². The van der Waals surface area contributed by atoms with Gasteiger partial charge in [-0.05, 0) is 36.8 Å². The minimum Gasteiger partial charge on any atom is -0.360 e. The van der Waals surface area contributed by atoms with Crippen LogP contribution in [0.3, 0.4) is 0 Å². The fourth-order valence-corrected chi connectivity index (χ4v) is 3.69. The van der Waals surface area contributed by atoms with Crippen molar-refractivity contribution in [1.29, 1.82) is 0 Å². The second-order valence-corrected chi connectivity index (χ2v) is 7.58. The van der Waals surface area contributed by atoms with Crippen molar-refractivity contribution >= 4 is 17.6 Å². The first-order valence-corrected chi connectivity index (χ1v) is 10.1. The zero-order chi connectivity index (χ0) is 19.2. The fourth-order valence-electron chi connectivity index (χ4n) is 3.69. The molecule has 28 heavy (non-hydrogen) atoms. The van der Waals surface area contributed by atoms with Gasteiger partial charge in [0.15, 0.2) is 0 Å². The Morgan fingerprint density at radius 3 is 2.21 bits per heavy atom. The van der Waals surface area contributed by atoms with Crippen LogP contribution in [0.15, 0.2) is 83.9 Å². The van der Waals surface area contributed by atoms with E-state index in [0.29, 0.717) is 0 Å². The van der Waals surface area contributed by atoms with Gasteiger partial charge in [-0.3, -0.25) is 4.99 Å². The summed E-state index contributed by atoms with van der Waals surface area (Å²) in [6.07, 6.45) is 1.93. The summed E-state index contributed by atoms with van der Waals surface area (Å²) >= 11 is 0. The summed E-state index contributed by atoms with van der Waals surface area (Å²) in [5.74, 6) is 0. The molecule has 0 amide bonds. The van der Waals surface area contributed by atoms with Crippen LogP contribution < -0.4 is 9.80 Å².